The number of aromatic amines is 1. The average Bonchev–Trinajstić information content (AvgIpc) is 2.78. The summed E-state index contributed by atoms with van der Waals surface area (Å²) in [7, 11) is 0. The van der Waals surface area contributed by atoms with Crippen LogP contribution < -0.4 is 5.56 Å². The quantitative estimate of drug-likeness (QED) is 0.927. The third-order valence-electron chi connectivity index (χ3n) is 2.91. The molecule has 1 atom stereocenters. The molecule has 0 bridgehead atoms. The van der Waals surface area contributed by atoms with Gasteiger partial charge in [0.05, 0.1) is 11.8 Å². The molecule has 1 aromatic rings. The minimum atomic E-state index is -0.0866. The van der Waals surface area contributed by atoms with Crippen molar-refractivity contribution < 1.29 is 4.74 Å². The van der Waals surface area contributed by atoms with E-state index in [1.165, 1.54) is 0 Å². The first-order valence-electron chi connectivity index (χ1n) is 6.10. The maximum Gasteiger partial charge on any atom is 0.265 e. The number of aromatic nitrogens is 2. The summed E-state index contributed by atoms with van der Waals surface area (Å²) in [6.45, 7) is 2.91. The van der Waals surface area contributed by atoms with Crippen LogP contribution in [0.5, 0.6) is 0 Å². The largest absolute Gasteiger partial charge is 0.378 e. The fourth-order valence-electron chi connectivity index (χ4n) is 2.08. The van der Waals surface area contributed by atoms with Crippen LogP contribution in [0.4, 0.5) is 0 Å². The molecule has 1 aliphatic heterocycles. The number of hydrogen-bond acceptors (Lipinski definition) is 3. The molecule has 1 aromatic heterocycles. The summed E-state index contributed by atoms with van der Waals surface area (Å²) in [4.78, 5) is 19.0. The van der Waals surface area contributed by atoms with Crippen molar-refractivity contribution in [2.45, 2.75) is 45.1 Å². The highest BCUT2D eigenvalue weighted by Gasteiger charge is 2.18. The van der Waals surface area contributed by atoms with Gasteiger partial charge in [-0.3, -0.25) is 4.79 Å². The van der Waals surface area contributed by atoms with Crippen LogP contribution in [0.2, 0.25) is 0 Å². The topological polar surface area (TPSA) is 55.0 Å². The van der Waals surface area contributed by atoms with Crippen LogP contribution in [0.15, 0.2) is 9.27 Å². The summed E-state index contributed by atoms with van der Waals surface area (Å²) >= 11 is 3.29. The Hall–Kier alpha value is -0.680. The molecular weight excluding hydrogens is 284 g/mol. The predicted octanol–water partition coefficient (Wildman–Crippen LogP) is 2.21. The molecule has 1 saturated heterocycles. The molecule has 0 aromatic carbocycles. The van der Waals surface area contributed by atoms with Crippen molar-refractivity contribution >= 4 is 15.9 Å². The molecule has 2 heterocycles. The highest BCUT2D eigenvalue weighted by Crippen LogP contribution is 2.17. The van der Waals surface area contributed by atoms with Crippen molar-refractivity contribution in [3.05, 3.63) is 26.3 Å². The van der Waals surface area contributed by atoms with Crippen LogP contribution >= 0.6 is 15.9 Å². The van der Waals surface area contributed by atoms with Crippen molar-refractivity contribution in [3.8, 4) is 0 Å². The minimum absolute atomic E-state index is 0.0866. The van der Waals surface area contributed by atoms with Crippen molar-refractivity contribution in [2.24, 2.45) is 0 Å². The molecule has 4 nitrogen and oxygen atoms in total. The summed E-state index contributed by atoms with van der Waals surface area (Å²) < 4.78 is 6.12. The fourth-order valence-corrected chi connectivity index (χ4v) is 2.46. The third kappa shape index (κ3) is 3.16. The number of nitrogens with zero attached hydrogens (tertiary/aromatic N) is 1. The van der Waals surface area contributed by atoms with Crippen LogP contribution in [0.25, 0.3) is 0 Å². The Kier molecular flexibility index (Phi) is 4.34. The second-order valence-electron chi connectivity index (χ2n) is 4.36. The second-order valence-corrected chi connectivity index (χ2v) is 5.16. The molecule has 1 fully saturated rings. The van der Waals surface area contributed by atoms with Gasteiger partial charge < -0.3 is 9.72 Å². The van der Waals surface area contributed by atoms with E-state index in [1.807, 2.05) is 0 Å². The Balaban J connectivity index is 2.19. The molecule has 17 heavy (non-hydrogen) atoms. The summed E-state index contributed by atoms with van der Waals surface area (Å²) in [5.74, 6) is 0.744. The highest BCUT2D eigenvalue weighted by atomic mass is 79.9. The van der Waals surface area contributed by atoms with Crippen LogP contribution in [0, 0.1) is 0 Å². The Labute approximate surface area is 109 Å². The van der Waals surface area contributed by atoms with Crippen molar-refractivity contribution in [3.63, 3.8) is 0 Å². The van der Waals surface area contributed by atoms with E-state index in [-0.39, 0.29) is 11.7 Å². The molecule has 1 unspecified atom stereocenters. The van der Waals surface area contributed by atoms with Gasteiger partial charge in [-0.25, -0.2) is 4.98 Å². The Morgan fingerprint density at radius 3 is 3.06 bits per heavy atom. The number of halogens is 1. The highest BCUT2D eigenvalue weighted by molar-refractivity contribution is 9.10. The number of ether oxygens (including phenoxy) is 1. The Bertz CT molecular complexity index is 439. The van der Waals surface area contributed by atoms with Gasteiger partial charge in [0.25, 0.3) is 5.56 Å². The summed E-state index contributed by atoms with van der Waals surface area (Å²) in [6.07, 6.45) is 4.89. The van der Waals surface area contributed by atoms with E-state index in [0.717, 1.165) is 43.8 Å². The molecule has 1 N–H and O–H groups in total. The number of hydrogen-bond donors (Lipinski definition) is 1. The lowest BCUT2D eigenvalue weighted by Crippen LogP contribution is -2.19. The molecular formula is C12H17BrN2O2. The van der Waals surface area contributed by atoms with Gasteiger partial charge in [0.1, 0.15) is 10.3 Å². The molecule has 0 spiro atoms. The number of rotatable bonds is 4. The van der Waals surface area contributed by atoms with Crippen molar-refractivity contribution in [1.82, 2.24) is 9.97 Å². The van der Waals surface area contributed by atoms with Gasteiger partial charge in [-0.1, -0.05) is 13.3 Å². The Morgan fingerprint density at radius 2 is 2.41 bits per heavy atom. The summed E-state index contributed by atoms with van der Waals surface area (Å²) in [6, 6.07) is 0. The minimum Gasteiger partial charge on any atom is -0.378 e. The standard InChI is InChI=1S/C12H17BrN2O2/c1-2-4-9-11(13)12(16)15-10(14-9)7-8-5-3-6-17-8/h8H,2-7H2,1H3,(H,14,15,16). The van der Waals surface area contributed by atoms with E-state index >= 15 is 0 Å². The van der Waals surface area contributed by atoms with E-state index in [9.17, 15) is 4.79 Å². The van der Waals surface area contributed by atoms with Crippen molar-refractivity contribution in [2.75, 3.05) is 6.61 Å². The molecule has 5 heteroatoms. The molecule has 0 aliphatic carbocycles. The van der Waals surface area contributed by atoms with E-state index in [2.05, 4.69) is 32.8 Å². The van der Waals surface area contributed by atoms with Crippen LogP contribution in [-0.2, 0) is 17.6 Å². The lowest BCUT2D eigenvalue weighted by molar-refractivity contribution is 0.109. The first kappa shape index (κ1) is 12.8. The maximum absolute atomic E-state index is 11.7. The van der Waals surface area contributed by atoms with E-state index in [1.54, 1.807) is 0 Å². The molecule has 0 amide bonds. The van der Waals surface area contributed by atoms with Gasteiger partial charge in [-0.15, -0.1) is 0 Å². The predicted molar refractivity (Wildman–Crippen MR) is 69.2 cm³/mol. The SMILES string of the molecule is CCCc1nc(CC2CCCO2)[nH]c(=O)c1Br. The van der Waals surface area contributed by atoms with Crippen LogP contribution in [0.3, 0.4) is 0 Å². The van der Waals surface area contributed by atoms with Crippen molar-refractivity contribution in [1.29, 1.82) is 0 Å². The van der Waals surface area contributed by atoms with Gasteiger partial charge in [-0.05, 0) is 35.2 Å². The molecule has 2 rings (SSSR count). The monoisotopic (exact) mass is 300 g/mol. The summed E-state index contributed by atoms with van der Waals surface area (Å²) in [5, 5.41) is 0. The maximum atomic E-state index is 11.7. The zero-order valence-corrected chi connectivity index (χ0v) is 11.5. The smallest absolute Gasteiger partial charge is 0.265 e. The van der Waals surface area contributed by atoms with Gasteiger partial charge in [0.2, 0.25) is 0 Å². The summed E-state index contributed by atoms with van der Waals surface area (Å²) in [5.41, 5.74) is 0.765. The molecule has 0 saturated carbocycles. The van der Waals surface area contributed by atoms with Gasteiger partial charge in [0, 0.05) is 13.0 Å². The molecule has 94 valence electrons. The van der Waals surface area contributed by atoms with Crippen LogP contribution in [0.1, 0.15) is 37.7 Å². The second kappa shape index (κ2) is 5.78. The Morgan fingerprint density at radius 1 is 1.59 bits per heavy atom. The van der Waals surface area contributed by atoms with Crippen LogP contribution in [-0.4, -0.2) is 22.7 Å². The van der Waals surface area contributed by atoms with E-state index in [4.69, 9.17) is 4.74 Å². The number of H-pyrrole nitrogens is 1. The lowest BCUT2D eigenvalue weighted by Gasteiger charge is -2.10. The van der Waals surface area contributed by atoms with Gasteiger partial charge in [-0.2, -0.15) is 0 Å². The number of nitrogens with one attached hydrogen (secondary N) is 1. The third-order valence-corrected chi connectivity index (χ3v) is 3.73. The average molecular weight is 301 g/mol. The fraction of sp³-hybridized carbons (Fsp3) is 0.667. The van der Waals surface area contributed by atoms with E-state index in [0.29, 0.717) is 10.9 Å². The molecule has 1 aliphatic rings. The van der Waals surface area contributed by atoms with Gasteiger partial charge in [0.15, 0.2) is 0 Å². The number of aryl methyl sites for hydroxylation is 1. The first-order valence-corrected chi connectivity index (χ1v) is 6.89. The first-order chi connectivity index (χ1) is 8.20. The van der Waals surface area contributed by atoms with Gasteiger partial charge >= 0.3 is 0 Å². The van der Waals surface area contributed by atoms with E-state index < -0.39 is 0 Å². The zero-order chi connectivity index (χ0) is 12.3. The lowest BCUT2D eigenvalue weighted by atomic mass is 10.1. The zero-order valence-electron chi connectivity index (χ0n) is 9.96. The normalized spacial score (nSPS) is 19.8. The molecule has 0 radical (unpaired) electrons.